The minimum absolute atomic E-state index is 0.131. The number of piperidine rings is 1. The highest BCUT2D eigenvalue weighted by molar-refractivity contribution is 5.72. The molecule has 0 aromatic heterocycles. The number of nitro benzene ring substituents is 2. The van der Waals surface area contributed by atoms with Gasteiger partial charge in [-0.2, -0.15) is 0 Å². The van der Waals surface area contributed by atoms with Crippen molar-refractivity contribution < 1.29 is 29.2 Å². The Morgan fingerprint density at radius 1 is 1.22 bits per heavy atom. The van der Waals surface area contributed by atoms with E-state index in [0.717, 1.165) is 12.1 Å². The summed E-state index contributed by atoms with van der Waals surface area (Å²) in [6.45, 7) is 2.44. The number of hydrogen-bond donors (Lipinski definition) is 0. The van der Waals surface area contributed by atoms with Crippen LogP contribution in [0.2, 0.25) is 0 Å². The molecule has 0 radical (unpaired) electrons. The molecule has 146 valence electrons. The molecule has 13 nitrogen and oxygen atoms in total. The summed E-state index contributed by atoms with van der Waals surface area (Å²) < 4.78 is 4.94. The van der Waals surface area contributed by atoms with Gasteiger partial charge in [0.2, 0.25) is 11.0 Å². The predicted octanol–water partition coefficient (Wildman–Crippen LogP) is 1.95. The number of ether oxygens (including phenoxy) is 1. The van der Waals surface area contributed by atoms with Gasteiger partial charge < -0.3 is 9.94 Å². The molecule has 0 amide bonds. The zero-order chi connectivity index (χ0) is 20.0. The van der Waals surface area contributed by atoms with Gasteiger partial charge in [0.05, 0.1) is 46.5 Å². The first-order valence-corrected chi connectivity index (χ1v) is 8.03. The fraction of sp³-hybridized carbons (Fsp3) is 0.500. The van der Waals surface area contributed by atoms with Crippen LogP contribution in [-0.2, 0) is 9.53 Å². The zero-order valence-electron chi connectivity index (χ0n) is 14.3. The van der Waals surface area contributed by atoms with Crippen molar-refractivity contribution in [3.8, 4) is 5.75 Å². The molecule has 27 heavy (non-hydrogen) atoms. The zero-order valence-corrected chi connectivity index (χ0v) is 14.3. The van der Waals surface area contributed by atoms with Gasteiger partial charge in [0.25, 0.3) is 5.69 Å². The number of carbonyl (C=O) groups excluding carboxylic acids is 1. The number of rotatable bonds is 7. The Kier molecular flexibility index (Phi) is 6.41. The SMILES string of the molecule is CCOC(=O)C1CCN(/[N+]([O-])=N\Oc2ccc([N+](=O)[O-])cc2[N+](=O)[O-])CC1. The molecule has 1 fully saturated rings. The van der Waals surface area contributed by atoms with Crippen LogP contribution in [0.4, 0.5) is 11.4 Å². The van der Waals surface area contributed by atoms with E-state index < -0.39 is 27.0 Å². The second-order valence-electron chi connectivity index (χ2n) is 5.57. The first-order valence-electron chi connectivity index (χ1n) is 8.03. The summed E-state index contributed by atoms with van der Waals surface area (Å²) in [5.41, 5.74) is -1.18. The van der Waals surface area contributed by atoms with Crippen molar-refractivity contribution in [2.45, 2.75) is 19.8 Å². The molecule has 0 saturated carbocycles. The van der Waals surface area contributed by atoms with Crippen LogP contribution in [0.5, 0.6) is 5.75 Å². The highest BCUT2D eigenvalue weighted by Crippen LogP contribution is 2.31. The summed E-state index contributed by atoms with van der Waals surface area (Å²) in [4.78, 5) is 36.6. The Bertz CT molecular complexity index is 760. The van der Waals surface area contributed by atoms with Crippen molar-refractivity contribution in [3.63, 3.8) is 0 Å². The maximum Gasteiger partial charge on any atom is 0.321 e. The van der Waals surface area contributed by atoms with Gasteiger partial charge in [-0.25, -0.2) is 0 Å². The third-order valence-electron chi connectivity index (χ3n) is 3.89. The molecule has 1 aromatic carbocycles. The molecule has 1 saturated heterocycles. The van der Waals surface area contributed by atoms with Crippen LogP contribution in [0.1, 0.15) is 19.8 Å². The van der Waals surface area contributed by atoms with E-state index in [1.165, 1.54) is 5.01 Å². The Morgan fingerprint density at radius 2 is 1.89 bits per heavy atom. The summed E-state index contributed by atoms with van der Waals surface area (Å²) in [5.74, 6) is -1.02. The van der Waals surface area contributed by atoms with E-state index in [-0.39, 0.29) is 36.6 Å². The third-order valence-corrected chi connectivity index (χ3v) is 3.89. The second kappa shape index (κ2) is 8.73. The Hall–Kier alpha value is -3.51. The van der Waals surface area contributed by atoms with Crippen LogP contribution in [0.25, 0.3) is 0 Å². The molecule has 0 aliphatic carbocycles. The van der Waals surface area contributed by atoms with Crippen LogP contribution in [-0.4, -0.2) is 45.5 Å². The average molecular weight is 383 g/mol. The van der Waals surface area contributed by atoms with Gasteiger partial charge in [-0.05, 0) is 25.8 Å². The van der Waals surface area contributed by atoms with E-state index in [1.54, 1.807) is 6.92 Å². The molecule has 1 aromatic rings. The van der Waals surface area contributed by atoms with E-state index in [9.17, 15) is 30.2 Å². The fourth-order valence-electron chi connectivity index (χ4n) is 2.50. The maximum atomic E-state index is 12.0. The number of non-ortho nitro benzene ring substituents is 1. The van der Waals surface area contributed by atoms with Gasteiger partial charge in [0.15, 0.2) is 0 Å². The quantitative estimate of drug-likeness (QED) is 0.225. The molecule has 1 aliphatic heterocycles. The van der Waals surface area contributed by atoms with Gasteiger partial charge in [-0.1, -0.05) is 0 Å². The van der Waals surface area contributed by atoms with Gasteiger partial charge in [-0.3, -0.25) is 29.9 Å². The number of esters is 1. The van der Waals surface area contributed by atoms with E-state index in [0.29, 0.717) is 18.9 Å². The largest absolute Gasteiger partial charge is 0.569 e. The molecular weight excluding hydrogens is 366 g/mol. The van der Waals surface area contributed by atoms with Crippen molar-refractivity contribution in [2.24, 2.45) is 11.2 Å². The third kappa shape index (κ3) is 4.99. The maximum absolute atomic E-state index is 12.0. The lowest BCUT2D eigenvalue weighted by Crippen LogP contribution is -2.40. The minimum atomic E-state index is -0.877. The van der Waals surface area contributed by atoms with Crippen molar-refractivity contribution in [3.05, 3.63) is 43.6 Å². The average Bonchev–Trinajstić information content (AvgIpc) is 2.66. The Balaban J connectivity index is 2.03. The number of carbonyl (C=O) groups is 1. The topological polar surface area (TPSA) is 163 Å². The van der Waals surface area contributed by atoms with Crippen LogP contribution >= 0.6 is 0 Å². The monoisotopic (exact) mass is 383 g/mol. The molecule has 0 bridgehead atoms. The number of nitrogens with zero attached hydrogens (tertiary/aromatic N) is 5. The molecule has 0 spiro atoms. The van der Waals surface area contributed by atoms with E-state index in [4.69, 9.17) is 9.57 Å². The smallest absolute Gasteiger partial charge is 0.321 e. The Morgan fingerprint density at radius 3 is 2.44 bits per heavy atom. The van der Waals surface area contributed by atoms with Crippen LogP contribution < -0.4 is 4.84 Å². The molecule has 1 aliphatic rings. The number of hydrogen-bond acceptors (Lipinski definition) is 9. The molecule has 0 atom stereocenters. The van der Waals surface area contributed by atoms with E-state index in [1.807, 2.05) is 0 Å². The van der Waals surface area contributed by atoms with Gasteiger partial charge in [-0.15, -0.1) is 5.01 Å². The molecule has 13 heteroatoms. The van der Waals surface area contributed by atoms with Crippen LogP contribution in [0.3, 0.4) is 0 Å². The highest BCUT2D eigenvalue weighted by atomic mass is 16.7. The summed E-state index contributed by atoms with van der Waals surface area (Å²) in [5, 5.41) is 38.2. The van der Waals surface area contributed by atoms with Crippen molar-refractivity contribution >= 4 is 17.3 Å². The summed E-state index contributed by atoms with van der Waals surface area (Å²) in [7, 11) is 0. The van der Waals surface area contributed by atoms with Crippen molar-refractivity contribution in [1.29, 1.82) is 0 Å². The van der Waals surface area contributed by atoms with E-state index >= 15 is 0 Å². The lowest BCUT2D eigenvalue weighted by molar-refractivity contribution is -0.709. The number of hydrazine groups is 1. The fourth-order valence-corrected chi connectivity index (χ4v) is 2.50. The number of benzene rings is 1. The van der Waals surface area contributed by atoms with Gasteiger partial charge in [0.1, 0.15) is 0 Å². The number of nitro groups is 2. The van der Waals surface area contributed by atoms with Crippen molar-refractivity contribution in [1.82, 2.24) is 5.01 Å². The van der Waals surface area contributed by atoms with Crippen molar-refractivity contribution in [2.75, 3.05) is 19.7 Å². The van der Waals surface area contributed by atoms with Crippen LogP contribution in [0, 0.1) is 31.4 Å². The normalized spacial score (nSPS) is 15.3. The van der Waals surface area contributed by atoms with Gasteiger partial charge in [0, 0.05) is 6.07 Å². The first kappa shape index (κ1) is 19.8. The summed E-state index contributed by atoms with van der Waals surface area (Å²) in [6.07, 6.45) is 0.787. The van der Waals surface area contributed by atoms with Gasteiger partial charge >= 0.3 is 11.7 Å². The minimum Gasteiger partial charge on any atom is -0.569 e. The highest BCUT2D eigenvalue weighted by Gasteiger charge is 2.30. The Labute approximate surface area is 152 Å². The van der Waals surface area contributed by atoms with Crippen LogP contribution in [0.15, 0.2) is 23.5 Å². The lowest BCUT2D eigenvalue weighted by Gasteiger charge is -2.26. The summed E-state index contributed by atoms with van der Waals surface area (Å²) in [6, 6.07) is 2.70. The lowest BCUT2D eigenvalue weighted by atomic mass is 9.98. The summed E-state index contributed by atoms with van der Waals surface area (Å²) >= 11 is 0. The first-order chi connectivity index (χ1) is 12.8. The molecule has 0 unspecified atom stereocenters. The van der Waals surface area contributed by atoms with E-state index in [2.05, 4.69) is 5.28 Å². The predicted molar refractivity (Wildman–Crippen MR) is 87.4 cm³/mol. The standard InChI is InChI=1S/C14H17N5O8/c1-2-26-14(20)10-5-7-16(8-6-10)19(25)15-27-13-4-3-11(17(21)22)9-12(13)18(23)24/h3-4,9-10H,2,5-8H2,1H3/b19-15+. The second-order valence-corrected chi connectivity index (χ2v) is 5.57. The molecule has 0 N–H and O–H groups in total. The molecular formula is C14H17N5O8. The molecule has 1 heterocycles. The molecule has 2 rings (SSSR count).